The zero-order chi connectivity index (χ0) is 34.5. The molecule has 0 N–H and O–H groups in total. The van der Waals surface area contributed by atoms with Crippen molar-refractivity contribution in [3.63, 3.8) is 0 Å². The van der Waals surface area contributed by atoms with E-state index in [2.05, 4.69) is 154 Å². The first kappa shape index (κ1) is 32.9. The van der Waals surface area contributed by atoms with E-state index in [0.29, 0.717) is 6.54 Å². The molecule has 0 unspecified atom stereocenters. The van der Waals surface area contributed by atoms with Crippen molar-refractivity contribution in [3.8, 4) is 44.9 Å². The fourth-order valence-corrected chi connectivity index (χ4v) is 6.97. The number of fused-ring (bicyclic) bond motifs is 3. The van der Waals surface area contributed by atoms with Crippen LogP contribution in [0.25, 0.3) is 33.4 Å². The Morgan fingerprint density at radius 1 is 0.612 bits per heavy atom. The van der Waals surface area contributed by atoms with Gasteiger partial charge < -0.3 is 9.64 Å². The third-order valence-corrected chi connectivity index (χ3v) is 9.97. The van der Waals surface area contributed by atoms with Crippen LogP contribution in [0.15, 0.2) is 126 Å². The summed E-state index contributed by atoms with van der Waals surface area (Å²) >= 11 is 3.58. The van der Waals surface area contributed by atoms with Crippen LogP contribution in [0, 0.1) is 6.92 Å². The third kappa shape index (κ3) is 6.80. The Hall–Kier alpha value is -4.67. The van der Waals surface area contributed by atoms with Crippen molar-refractivity contribution < 1.29 is 4.74 Å². The molecule has 7 rings (SSSR count). The molecule has 5 aromatic carbocycles. The number of halogens is 1. The van der Waals surface area contributed by atoms with Crippen molar-refractivity contribution in [1.82, 2.24) is 4.98 Å². The molecule has 0 fully saturated rings. The smallest absolute Gasteiger partial charge is 0.133 e. The molecule has 0 amide bonds. The van der Waals surface area contributed by atoms with Crippen LogP contribution in [0.5, 0.6) is 11.5 Å². The normalized spacial score (nSPS) is 12.8. The highest BCUT2D eigenvalue weighted by Gasteiger charge is 2.27. The maximum atomic E-state index is 6.38. The van der Waals surface area contributed by atoms with Crippen LogP contribution in [0.1, 0.15) is 63.8 Å². The van der Waals surface area contributed by atoms with Crippen molar-refractivity contribution in [3.05, 3.63) is 148 Å². The van der Waals surface area contributed by atoms with E-state index >= 15 is 0 Å². The number of hydrogen-bond donors (Lipinski definition) is 0. The van der Waals surface area contributed by atoms with Crippen LogP contribution < -0.4 is 9.64 Å². The molecule has 0 saturated heterocycles. The quantitative estimate of drug-likeness (QED) is 0.178. The predicted octanol–water partition coefficient (Wildman–Crippen LogP) is 13.2. The third-order valence-electron chi connectivity index (χ3n) is 9.47. The van der Waals surface area contributed by atoms with Gasteiger partial charge in [-0.15, -0.1) is 0 Å². The summed E-state index contributed by atoms with van der Waals surface area (Å²) < 4.78 is 7.36. The molecule has 0 aliphatic carbocycles. The van der Waals surface area contributed by atoms with E-state index in [0.717, 1.165) is 33.0 Å². The first-order chi connectivity index (χ1) is 23.3. The number of ether oxygens (including phenoxy) is 1. The number of pyridine rings is 1. The Balaban J connectivity index is 1.35. The first-order valence-corrected chi connectivity index (χ1v) is 17.8. The zero-order valence-corrected chi connectivity index (χ0v) is 31.0. The van der Waals surface area contributed by atoms with E-state index in [9.17, 15) is 0 Å². The first-order valence-electron chi connectivity index (χ1n) is 17.0. The Bertz CT molecular complexity index is 2140. The monoisotopic (exact) mass is 706 g/mol. The highest BCUT2D eigenvalue weighted by Crippen LogP contribution is 2.46. The summed E-state index contributed by atoms with van der Waals surface area (Å²) in [7, 11) is 0. The zero-order valence-electron chi connectivity index (χ0n) is 29.4. The van der Waals surface area contributed by atoms with Crippen molar-refractivity contribution in [2.45, 2.75) is 65.8 Å². The fraction of sp³-hybridized carbons (Fsp3) is 0.222. The molecule has 0 atom stereocenters. The Morgan fingerprint density at radius 2 is 1.31 bits per heavy atom. The largest absolute Gasteiger partial charge is 0.457 e. The second-order valence-corrected chi connectivity index (χ2v) is 16.1. The fourth-order valence-electron chi connectivity index (χ4n) is 6.59. The highest BCUT2D eigenvalue weighted by atomic mass is 79.9. The van der Waals surface area contributed by atoms with E-state index in [1.54, 1.807) is 0 Å². The Kier molecular flexibility index (Phi) is 8.49. The second-order valence-electron chi connectivity index (χ2n) is 15.2. The minimum absolute atomic E-state index is 0.0466. The van der Waals surface area contributed by atoms with Gasteiger partial charge in [0.05, 0.1) is 12.2 Å². The van der Waals surface area contributed by atoms with E-state index < -0.39 is 0 Å². The standard InChI is InChI=1S/C45H43BrN2O/c1-29-20-43(47-27-41(29)30-12-9-8-10-13-30)48-28-33-21-31(32-22-34(44(2,3)4)24-35(23-32)45(5,6)7)16-18-39(33)40-19-17-38(26-42(40)48)49-37-15-11-14-36(46)25-37/h8-27H,28H2,1-7H3. The van der Waals surface area contributed by atoms with E-state index in [-0.39, 0.29) is 10.8 Å². The van der Waals surface area contributed by atoms with E-state index in [1.165, 1.54) is 50.1 Å². The molecule has 3 nitrogen and oxygen atoms in total. The van der Waals surface area contributed by atoms with E-state index in [4.69, 9.17) is 9.72 Å². The minimum Gasteiger partial charge on any atom is -0.457 e. The van der Waals surface area contributed by atoms with Gasteiger partial charge in [-0.05, 0) is 105 Å². The van der Waals surface area contributed by atoms with Crippen LogP contribution in [-0.2, 0) is 17.4 Å². The summed E-state index contributed by atoms with van der Waals surface area (Å²) in [6.07, 6.45) is 2.01. The number of anilines is 2. The van der Waals surface area contributed by atoms with Gasteiger partial charge in [0, 0.05) is 27.9 Å². The van der Waals surface area contributed by atoms with Crippen LogP contribution in [-0.4, -0.2) is 4.98 Å². The van der Waals surface area contributed by atoms with Crippen LogP contribution in [0.4, 0.5) is 11.5 Å². The van der Waals surface area contributed by atoms with Crippen LogP contribution in [0.3, 0.4) is 0 Å². The number of aromatic nitrogens is 1. The van der Waals surface area contributed by atoms with E-state index in [1.807, 2.05) is 36.5 Å². The van der Waals surface area contributed by atoms with Crippen molar-refractivity contribution in [2.75, 3.05) is 4.90 Å². The SMILES string of the molecule is Cc1cc(N2Cc3cc(-c4cc(C(C)(C)C)cc(C(C)(C)C)c4)ccc3-c3ccc(Oc4cccc(Br)c4)cc32)ncc1-c1ccccc1. The van der Waals surface area contributed by atoms with Gasteiger partial charge in [-0.1, -0.05) is 124 Å². The summed E-state index contributed by atoms with van der Waals surface area (Å²) in [6, 6.07) is 41.2. The van der Waals surface area contributed by atoms with Gasteiger partial charge in [0.25, 0.3) is 0 Å². The number of nitrogens with zero attached hydrogens (tertiary/aromatic N) is 2. The molecule has 6 aromatic rings. The van der Waals surface area contributed by atoms with Crippen molar-refractivity contribution in [2.24, 2.45) is 0 Å². The molecule has 0 bridgehead atoms. The summed E-state index contributed by atoms with van der Waals surface area (Å²) in [4.78, 5) is 7.41. The van der Waals surface area contributed by atoms with Gasteiger partial charge in [-0.25, -0.2) is 4.98 Å². The predicted molar refractivity (Wildman–Crippen MR) is 209 cm³/mol. The van der Waals surface area contributed by atoms with Gasteiger partial charge >= 0.3 is 0 Å². The average molecular weight is 708 g/mol. The Labute approximate surface area is 299 Å². The lowest BCUT2D eigenvalue weighted by Crippen LogP contribution is -2.22. The lowest BCUT2D eigenvalue weighted by atomic mass is 9.78. The molecular weight excluding hydrogens is 664 g/mol. The molecule has 2 heterocycles. The highest BCUT2D eigenvalue weighted by molar-refractivity contribution is 9.10. The van der Waals surface area contributed by atoms with Gasteiger partial charge in [0.1, 0.15) is 17.3 Å². The number of hydrogen-bond acceptors (Lipinski definition) is 3. The number of benzene rings is 5. The van der Waals surface area contributed by atoms with Gasteiger partial charge in [-0.2, -0.15) is 0 Å². The molecule has 246 valence electrons. The topological polar surface area (TPSA) is 25.4 Å². The second kappa shape index (κ2) is 12.7. The minimum atomic E-state index is 0.0466. The molecule has 1 aliphatic heterocycles. The molecule has 1 aromatic heterocycles. The number of aryl methyl sites for hydroxylation is 1. The summed E-state index contributed by atoms with van der Waals surface area (Å²) in [5.41, 5.74) is 13.6. The van der Waals surface area contributed by atoms with Crippen LogP contribution in [0.2, 0.25) is 0 Å². The van der Waals surface area contributed by atoms with Gasteiger partial charge in [-0.3, -0.25) is 0 Å². The summed E-state index contributed by atoms with van der Waals surface area (Å²) in [5.74, 6) is 2.49. The Morgan fingerprint density at radius 3 is 1.98 bits per heavy atom. The maximum absolute atomic E-state index is 6.38. The summed E-state index contributed by atoms with van der Waals surface area (Å²) in [5, 5.41) is 0. The van der Waals surface area contributed by atoms with Gasteiger partial charge in [0.15, 0.2) is 0 Å². The number of rotatable bonds is 5. The molecule has 4 heteroatoms. The van der Waals surface area contributed by atoms with Crippen molar-refractivity contribution >= 4 is 27.4 Å². The van der Waals surface area contributed by atoms with Crippen LogP contribution >= 0.6 is 15.9 Å². The van der Waals surface area contributed by atoms with Crippen molar-refractivity contribution in [1.29, 1.82) is 0 Å². The molecular formula is C45H43BrN2O. The molecule has 0 saturated carbocycles. The molecule has 0 spiro atoms. The van der Waals surface area contributed by atoms with Gasteiger partial charge in [0.2, 0.25) is 0 Å². The lowest BCUT2D eigenvalue weighted by molar-refractivity contribution is 0.482. The lowest BCUT2D eigenvalue weighted by Gasteiger charge is -2.33. The molecule has 0 radical (unpaired) electrons. The molecule has 1 aliphatic rings. The summed E-state index contributed by atoms with van der Waals surface area (Å²) in [6.45, 7) is 16.7. The molecule has 49 heavy (non-hydrogen) atoms. The maximum Gasteiger partial charge on any atom is 0.133 e. The average Bonchev–Trinajstić information content (AvgIpc) is 3.07.